The predicted octanol–water partition coefficient (Wildman–Crippen LogP) is 0.768. The summed E-state index contributed by atoms with van der Waals surface area (Å²) in [6, 6.07) is 0. The number of hydrogen-bond donors (Lipinski definition) is 1. The third-order valence-electron chi connectivity index (χ3n) is 4.24. The summed E-state index contributed by atoms with van der Waals surface area (Å²) in [7, 11) is 1.88. The Bertz CT molecular complexity index is 292. The number of ether oxygens (including phenoxy) is 2. The molecular formula is C14H26N2O3. The maximum atomic E-state index is 12.2. The Hall–Kier alpha value is -0.650. The second kappa shape index (κ2) is 7.22. The molecule has 2 aliphatic heterocycles. The smallest absolute Gasteiger partial charge is 0.251 e. The predicted molar refractivity (Wildman–Crippen MR) is 72.7 cm³/mol. The van der Waals surface area contributed by atoms with Crippen molar-refractivity contribution in [3.63, 3.8) is 0 Å². The first-order valence-corrected chi connectivity index (χ1v) is 7.39. The molecule has 1 amide bonds. The fraction of sp³-hybridized carbons (Fsp3) is 0.929. The van der Waals surface area contributed by atoms with Crippen molar-refractivity contribution in [3.05, 3.63) is 0 Å². The van der Waals surface area contributed by atoms with Gasteiger partial charge in [-0.15, -0.1) is 0 Å². The monoisotopic (exact) mass is 270 g/mol. The van der Waals surface area contributed by atoms with Gasteiger partial charge in [-0.3, -0.25) is 4.79 Å². The minimum atomic E-state index is -0.270. The first-order chi connectivity index (χ1) is 9.20. The summed E-state index contributed by atoms with van der Waals surface area (Å²) >= 11 is 0. The molecule has 0 aromatic heterocycles. The Labute approximate surface area is 115 Å². The Kier molecular flexibility index (Phi) is 5.60. The molecule has 2 N–H and O–H groups in total. The van der Waals surface area contributed by atoms with E-state index in [2.05, 4.69) is 0 Å². The van der Waals surface area contributed by atoms with Crippen LogP contribution in [0.4, 0.5) is 0 Å². The number of rotatable bonds is 5. The van der Waals surface area contributed by atoms with Gasteiger partial charge in [0.15, 0.2) is 0 Å². The lowest BCUT2D eigenvalue weighted by molar-refractivity contribution is -0.141. The molecule has 2 fully saturated rings. The lowest BCUT2D eigenvalue weighted by Crippen LogP contribution is -2.38. The van der Waals surface area contributed by atoms with Gasteiger partial charge in [-0.05, 0) is 38.0 Å². The lowest BCUT2D eigenvalue weighted by Gasteiger charge is -2.26. The molecule has 2 heterocycles. The number of likely N-dealkylation sites (N-methyl/N-ethyl adjacent to an activating group) is 1. The van der Waals surface area contributed by atoms with E-state index >= 15 is 0 Å². The Morgan fingerprint density at radius 2 is 2.00 bits per heavy atom. The third kappa shape index (κ3) is 4.16. The van der Waals surface area contributed by atoms with Gasteiger partial charge in [-0.2, -0.15) is 0 Å². The fourth-order valence-electron chi connectivity index (χ4n) is 2.83. The zero-order valence-corrected chi connectivity index (χ0v) is 11.8. The first-order valence-electron chi connectivity index (χ1n) is 7.39. The molecule has 2 aliphatic rings. The highest BCUT2D eigenvalue weighted by atomic mass is 16.5. The summed E-state index contributed by atoms with van der Waals surface area (Å²) < 4.78 is 11.0. The molecule has 2 saturated heterocycles. The summed E-state index contributed by atoms with van der Waals surface area (Å²) in [5.74, 6) is 0.813. The van der Waals surface area contributed by atoms with Crippen LogP contribution in [-0.2, 0) is 14.3 Å². The van der Waals surface area contributed by atoms with Crippen molar-refractivity contribution >= 4 is 5.91 Å². The van der Waals surface area contributed by atoms with Crippen molar-refractivity contribution < 1.29 is 14.3 Å². The van der Waals surface area contributed by atoms with Gasteiger partial charge in [-0.1, -0.05) is 0 Å². The van der Waals surface area contributed by atoms with Gasteiger partial charge in [0.25, 0.3) is 5.91 Å². The van der Waals surface area contributed by atoms with E-state index in [0.717, 1.165) is 51.9 Å². The number of nitrogens with zero attached hydrogens (tertiary/aromatic N) is 1. The van der Waals surface area contributed by atoms with Crippen molar-refractivity contribution in [1.82, 2.24) is 4.90 Å². The standard InChI is InChI=1S/C14H26N2O3/c1-16(7-4-11-5-8-18-9-6-11)14(17)13-3-2-12(10-15)19-13/h11-13H,2-10,15H2,1H3/t12-,13+/m1/s1. The number of carbonyl (C=O) groups excluding carboxylic acids is 1. The van der Waals surface area contributed by atoms with E-state index in [0.29, 0.717) is 12.5 Å². The molecule has 0 radical (unpaired) electrons. The molecule has 2 rings (SSSR count). The highest BCUT2D eigenvalue weighted by molar-refractivity contribution is 5.80. The maximum Gasteiger partial charge on any atom is 0.251 e. The van der Waals surface area contributed by atoms with Gasteiger partial charge in [0.2, 0.25) is 0 Å². The largest absolute Gasteiger partial charge is 0.381 e. The molecule has 0 spiro atoms. The summed E-state index contributed by atoms with van der Waals surface area (Å²) in [6.45, 7) is 3.06. The molecule has 110 valence electrons. The minimum Gasteiger partial charge on any atom is -0.381 e. The summed E-state index contributed by atoms with van der Waals surface area (Å²) in [6.07, 6.45) is 4.82. The Morgan fingerprint density at radius 3 is 2.63 bits per heavy atom. The molecule has 0 bridgehead atoms. The quantitative estimate of drug-likeness (QED) is 0.801. The minimum absolute atomic E-state index is 0.0674. The molecule has 5 nitrogen and oxygen atoms in total. The van der Waals surface area contributed by atoms with Crippen molar-refractivity contribution in [1.29, 1.82) is 0 Å². The second-order valence-electron chi connectivity index (χ2n) is 5.66. The molecule has 0 aromatic rings. The summed E-state index contributed by atoms with van der Waals surface area (Å²) in [4.78, 5) is 14.0. The van der Waals surface area contributed by atoms with Gasteiger partial charge in [0, 0.05) is 33.4 Å². The Balaban J connectivity index is 1.70. The number of nitrogens with two attached hydrogens (primary N) is 1. The third-order valence-corrected chi connectivity index (χ3v) is 4.24. The van der Waals surface area contributed by atoms with Gasteiger partial charge < -0.3 is 20.1 Å². The van der Waals surface area contributed by atoms with E-state index < -0.39 is 0 Å². The van der Waals surface area contributed by atoms with E-state index in [9.17, 15) is 4.79 Å². The molecule has 2 atom stereocenters. The number of carbonyl (C=O) groups is 1. The van der Waals surface area contributed by atoms with Crippen LogP contribution in [0, 0.1) is 5.92 Å². The molecule has 0 saturated carbocycles. The van der Waals surface area contributed by atoms with Crippen LogP contribution < -0.4 is 5.73 Å². The van der Waals surface area contributed by atoms with Crippen LogP contribution in [0.3, 0.4) is 0 Å². The van der Waals surface area contributed by atoms with E-state index in [1.807, 2.05) is 11.9 Å². The molecular weight excluding hydrogens is 244 g/mol. The van der Waals surface area contributed by atoms with Crippen LogP contribution in [0.2, 0.25) is 0 Å². The van der Waals surface area contributed by atoms with Crippen molar-refractivity contribution in [2.45, 2.75) is 44.3 Å². The second-order valence-corrected chi connectivity index (χ2v) is 5.66. The lowest BCUT2D eigenvalue weighted by atomic mass is 9.96. The zero-order valence-electron chi connectivity index (χ0n) is 11.8. The molecule has 0 unspecified atom stereocenters. The van der Waals surface area contributed by atoms with E-state index in [-0.39, 0.29) is 18.1 Å². The highest BCUT2D eigenvalue weighted by Crippen LogP contribution is 2.22. The van der Waals surface area contributed by atoms with E-state index in [1.54, 1.807) is 0 Å². The average Bonchev–Trinajstić information content (AvgIpc) is 2.94. The van der Waals surface area contributed by atoms with Crippen molar-refractivity contribution in [2.75, 3.05) is 33.4 Å². The zero-order chi connectivity index (χ0) is 13.7. The normalized spacial score (nSPS) is 28.5. The van der Waals surface area contributed by atoms with Crippen LogP contribution in [0.25, 0.3) is 0 Å². The van der Waals surface area contributed by atoms with Crippen molar-refractivity contribution in [2.24, 2.45) is 11.7 Å². The van der Waals surface area contributed by atoms with Crippen LogP contribution >= 0.6 is 0 Å². The molecule has 0 aromatic carbocycles. The molecule has 19 heavy (non-hydrogen) atoms. The van der Waals surface area contributed by atoms with Gasteiger partial charge in [0.1, 0.15) is 6.10 Å². The first kappa shape index (κ1) is 14.8. The summed E-state index contributed by atoms with van der Waals surface area (Å²) in [5.41, 5.74) is 5.57. The topological polar surface area (TPSA) is 64.8 Å². The van der Waals surface area contributed by atoms with E-state index in [4.69, 9.17) is 15.2 Å². The van der Waals surface area contributed by atoms with Crippen LogP contribution in [-0.4, -0.2) is 56.4 Å². The van der Waals surface area contributed by atoms with Gasteiger partial charge in [-0.25, -0.2) is 0 Å². The fourth-order valence-corrected chi connectivity index (χ4v) is 2.83. The molecule has 5 heteroatoms. The van der Waals surface area contributed by atoms with Crippen LogP contribution in [0.1, 0.15) is 32.1 Å². The SMILES string of the molecule is CN(CCC1CCOCC1)C(=O)[C@@H]1CC[C@H](CN)O1. The van der Waals surface area contributed by atoms with Crippen molar-refractivity contribution in [3.8, 4) is 0 Å². The molecule has 0 aliphatic carbocycles. The Morgan fingerprint density at radius 1 is 1.26 bits per heavy atom. The van der Waals surface area contributed by atoms with Gasteiger partial charge >= 0.3 is 0 Å². The number of hydrogen-bond acceptors (Lipinski definition) is 4. The maximum absolute atomic E-state index is 12.2. The summed E-state index contributed by atoms with van der Waals surface area (Å²) in [5, 5.41) is 0. The van der Waals surface area contributed by atoms with E-state index in [1.165, 1.54) is 0 Å². The average molecular weight is 270 g/mol. The number of amides is 1. The van der Waals surface area contributed by atoms with Gasteiger partial charge in [0.05, 0.1) is 6.10 Å². The van der Waals surface area contributed by atoms with Crippen LogP contribution in [0.15, 0.2) is 0 Å². The highest BCUT2D eigenvalue weighted by Gasteiger charge is 2.31. The van der Waals surface area contributed by atoms with Crippen LogP contribution in [0.5, 0.6) is 0 Å².